The van der Waals surface area contributed by atoms with E-state index in [4.69, 9.17) is 11.1 Å². The average molecular weight is 289 g/mol. The van der Waals surface area contributed by atoms with E-state index in [1.807, 2.05) is 0 Å². The second-order valence-corrected chi connectivity index (χ2v) is 5.15. The normalized spacial score (nSPS) is 20.2. The second kappa shape index (κ2) is 4.99. The summed E-state index contributed by atoms with van der Waals surface area (Å²) in [6.45, 7) is 2.11. The van der Waals surface area contributed by atoms with Gasteiger partial charge in [0, 0.05) is 20.1 Å². The summed E-state index contributed by atoms with van der Waals surface area (Å²) in [6, 6.07) is 0. The Bertz CT molecular complexity index is 520. The van der Waals surface area contributed by atoms with Crippen LogP contribution in [0.1, 0.15) is 24.1 Å². The Morgan fingerprint density at radius 1 is 1.45 bits per heavy atom. The van der Waals surface area contributed by atoms with Crippen LogP contribution in [0.25, 0.3) is 0 Å². The summed E-state index contributed by atoms with van der Waals surface area (Å²) in [5.41, 5.74) is 6.52. The van der Waals surface area contributed by atoms with Gasteiger partial charge in [-0.3, -0.25) is 10.1 Å². The highest BCUT2D eigenvalue weighted by Gasteiger charge is 2.42. The zero-order valence-corrected chi connectivity index (χ0v) is 11.5. The summed E-state index contributed by atoms with van der Waals surface area (Å²) in [6.07, 6.45) is -3.58. The van der Waals surface area contributed by atoms with Crippen molar-refractivity contribution in [1.29, 1.82) is 5.41 Å². The number of anilines is 1. The second-order valence-electron chi connectivity index (χ2n) is 5.15. The molecule has 1 aromatic rings. The molecule has 0 spiro atoms. The fourth-order valence-corrected chi connectivity index (χ4v) is 2.76. The van der Waals surface area contributed by atoms with Gasteiger partial charge in [-0.25, -0.2) is 0 Å². The molecule has 20 heavy (non-hydrogen) atoms. The van der Waals surface area contributed by atoms with Crippen molar-refractivity contribution in [2.45, 2.75) is 25.9 Å². The number of alkyl halides is 3. The minimum absolute atomic E-state index is 0.108. The maximum atomic E-state index is 12.9. The maximum absolute atomic E-state index is 12.9. The Morgan fingerprint density at radius 2 is 2.10 bits per heavy atom. The van der Waals surface area contributed by atoms with Crippen LogP contribution in [0.3, 0.4) is 0 Å². The van der Waals surface area contributed by atoms with Crippen molar-refractivity contribution in [3.63, 3.8) is 0 Å². The number of aryl methyl sites for hydroxylation is 2. The van der Waals surface area contributed by atoms with Crippen LogP contribution < -0.4 is 10.6 Å². The summed E-state index contributed by atoms with van der Waals surface area (Å²) < 4.78 is 40.1. The molecule has 1 aliphatic heterocycles. The standard InChI is InChI=1S/C12H18F3N5/c1-7-9(10(16)17)11(19(2)18-7)20-5-3-4-8(6-20)12(13,14)15/h8H,3-6H2,1-2H3,(H3,16,17). The van der Waals surface area contributed by atoms with E-state index < -0.39 is 12.1 Å². The topological polar surface area (TPSA) is 70.9 Å². The van der Waals surface area contributed by atoms with E-state index in [0.29, 0.717) is 30.0 Å². The molecule has 0 aliphatic carbocycles. The highest BCUT2D eigenvalue weighted by molar-refractivity contribution is 6.00. The summed E-state index contributed by atoms with van der Waals surface area (Å²) in [7, 11) is 1.66. The van der Waals surface area contributed by atoms with Gasteiger partial charge < -0.3 is 10.6 Å². The number of hydrogen-bond acceptors (Lipinski definition) is 3. The van der Waals surface area contributed by atoms with Gasteiger partial charge in [-0.1, -0.05) is 0 Å². The molecular weight excluding hydrogens is 271 g/mol. The van der Waals surface area contributed by atoms with Crippen molar-refractivity contribution in [2.24, 2.45) is 18.7 Å². The van der Waals surface area contributed by atoms with Gasteiger partial charge in [0.05, 0.1) is 17.2 Å². The lowest BCUT2D eigenvalue weighted by Crippen LogP contribution is -2.43. The number of hydrogen-bond donors (Lipinski definition) is 2. The molecule has 2 rings (SSSR count). The number of halogens is 3. The number of piperidine rings is 1. The van der Waals surface area contributed by atoms with Gasteiger partial charge in [-0.15, -0.1) is 0 Å². The first-order valence-electron chi connectivity index (χ1n) is 6.41. The van der Waals surface area contributed by atoms with Gasteiger partial charge in [-0.05, 0) is 19.8 Å². The lowest BCUT2D eigenvalue weighted by molar-refractivity contribution is -0.176. The average Bonchev–Trinajstić information content (AvgIpc) is 2.63. The minimum atomic E-state index is -4.19. The highest BCUT2D eigenvalue weighted by atomic mass is 19.4. The van der Waals surface area contributed by atoms with Crippen LogP contribution in [0.15, 0.2) is 0 Å². The minimum Gasteiger partial charge on any atom is -0.384 e. The molecule has 0 saturated carbocycles. The number of aromatic nitrogens is 2. The van der Waals surface area contributed by atoms with E-state index in [9.17, 15) is 13.2 Å². The van der Waals surface area contributed by atoms with E-state index >= 15 is 0 Å². The van der Waals surface area contributed by atoms with Crippen LogP contribution in [0.4, 0.5) is 19.0 Å². The van der Waals surface area contributed by atoms with Crippen LogP contribution in [0.5, 0.6) is 0 Å². The summed E-state index contributed by atoms with van der Waals surface area (Å²) in [5.74, 6) is -1.00. The smallest absolute Gasteiger partial charge is 0.384 e. The fraction of sp³-hybridized carbons (Fsp3) is 0.667. The lowest BCUT2D eigenvalue weighted by atomic mass is 9.97. The Labute approximate surface area is 115 Å². The first-order valence-corrected chi connectivity index (χ1v) is 6.41. The molecule has 1 aliphatic rings. The fourth-order valence-electron chi connectivity index (χ4n) is 2.76. The monoisotopic (exact) mass is 289 g/mol. The van der Waals surface area contributed by atoms with Crippen LogP contribution in [-0.4, -0.2) is 34.9 Å². The van der Waals surface area contributed by atoms with Gasteiger partial charge in [0.25, 0.3) is 0 Å². The molecule has 1 atom stereocenters. The number of nitrogens with two attached hydrogens (primary N) is 1. The van der Waals surface area contributed by atoms with Crippen molar-refractivity contribution in [2.75, 3.05) is 18.0 Å². The molecule has 5 nitrogen and oxygen atoms in total. The number of nitrogens with zero attached hydrogens (tertiary/aromatic N) is 3. The van der Waals surface area contributed by atoms with E-state index in [1.54, 1.807) is 18.9 Å². The molecule has 1 aromatic heterocycles. The molecule has 0 radical (unpaired) electrons. The van der Waals surface area contributed by atoms with E-state index in [0.717, 1.165) is 0 Å². The molecule has 1 fully saturated rings. The van der Waals surface area contributed by atoms with Gasteiger partial charge in [0.15, 0.2) is 0 Å². The molecule has 2 heterocycles. The predicted octanol–water partition coefficient (Wildman–Crippen LogP) is 1.79. The predicted molar refractivity (Wildman–Crippen MR) is 70.0 cm³/mol. The molecule has 0 aromatic carbocycles. The molecule has 3 N–H and O–H groups in total. The number of nitrogen functional groups attached to an aromatic ring is 1. The van der Waals surface area contributed by atoms with Crippen LogP contribution in [0, 0.1) is 18.3 Å². The van der Waals surface area contributed by atoms with Crippen LogP contribution >= 0.6 is 0 Å². The first kappa shape index (κ1) is 14.7. The zero-order chi connectivity index (χ0) is 15.1. The van der Waals surface area contributed by atoms with Crippen LogP contribution in [-0.2, 0) is 7.05 Å². The third-order valence-electron chi connectivity index (χ3n) is 3.65. The molecule has 1 unspecified atom stereocenters. The third-order valence-corrected chi connectivity index (χ3v) is 3.65. The summed E-state index contributed by atoms with van der Waals surface area (Å²) >= 11 is 0. The van der Waals surface area contributed by atoms with E-state index in [1.165, 1.54) is 4.68 Å². The highest BCUT2D eigenvalue weighted by Crippen LogP contribution is 2.35. The Kier molecular flexibility index (Phi) is 3.66. The molecule has 0 amide bonds. The molecular formula is C12H18F3N5. The third kappa shape index (κ3) is 2.59. The number of amidine groups is 1. The Balaban J connectivity index is 2.34. The van der Waals surface area contributed by atoms with Crippen molar-refractivity contribution in [3.8, 4) is 0 Å². The number of nitrogens with one attached hydrogen (secondary N) is 1. The van der Waals surface area contributed by atoms with E-state index in [-0.39, 0.29) is 18.8 Å². The van der Waals surface area contributed by atoms with Gasteiger partial charge in [0.1, 0.15) is 11.7 Å². The van der Waals surface area contributed by atoms with E-state index in [2.05, 4.69) is 5.10 Å². The zero-order valence-electron chi connectivity index (χ0n) is 11.5. The van der Waals surface area contributed by atoms with Crippen LogP contribution in [0.2, 0.25) is 0 Å². The van der Waals surface area contributed by atoms with Crippen molar-refractivity contribution in [1.82, 2.24) is 9.78 Å². The Hall–Kier alpha value is -1.73. The molecule has 112 valence electrons. The van der Waals surface area contributed by atoms with Gasteiger partial charge >= 0.3 is 6.18 Å². The van der Waals surface area contributed by atoms with Crippen molar-refractivity contribution >= 4 is 11.7 Å². The number of rotatable bonds is 2. The Morgan fingerprint density at radius 3 is 2.65 bits per heavy atom. The first-order chi connectivity index (χ1) is 9.21. The maximum Gasteiger partial charge on any atom is 0.393 e. The molecule has 8 heteroatoms. The lowest BCUT2D eigenvalue weighted by Gasteiger charge is -2.35. The van der Waals surface area contributed by atoms with Crippen molar-refractivity contribution in [3.05, 3.63) is 11.3 Å². The summed E-state index contributed by atoms with van der Waals surface area (Å²) in [5, 5.41) is 11.8. The summed E-state index contributed by atoms with van der Waals surface area (Å²) in [4.78, 5) is 1.64. The molecule has 0 bridgehead atoms. The van der Waals surface area contributed by atoms with Gasteiger partial charge in [-0.2, -0.15) is 18.3 Å². The quantitative estimate of drug-likeness (QED) is 0.644. The molecule has 1 saturated heterocycles. The van der Waals surface area contributed by atoms with Gasteiger partial charge in [0.2, 0.25) is 0 Å². The SMILES string of the molecule is Cc1nn(C)c(N2CCCC(C(F)(F)F)C2)c1C(=N)N. The van der Waals surface area contributed by atoms with Crippen molar-refractivity contribution < 1.29 is 13.2 Å². The largest absolute Gasteiger partial charge is 0.393 e.